The van der Waals surface area contributed by atoms with Crippen molar-refractivity contribution in [2.75, 3.05) is 6.54 Å². The van der Waals surface area contributed by atoms with Crippen molar-refractivity contribution in [1.82, 2.24) is 35.1 Å². The molecule has 14 heteroatoms. The third-order valence-electron chi connectivity index (χ3n) is 10.5. The first-order valence-electron chi connectivity index (χ1n) is 17.4. The monoisotopic (exact) mass is 689 g/mol. The van der Waals surface area contributed by atoms with Gasteiger partial charge in [-0.3, -0.25) is 14.4 Å². The van der Waals surface area contributed by atoms with E-state index in [0.717, 1.165) is 56.1 Å². The highest BCUT2D eigenvalue weighted by Gasteiger charge is 2.61. The summed E-state index contributed by atoms with van der Waals surface area (Å²) >= 11 is 1.43. The third-order valence-corrected chi connectivity index (χ3v) is 11.4. The molecule has 3 amide bonds. The van der Waals surface area contributed by atoms with E-state index in [1.54, 1.807) is 12.4 Å². The summed E-state index contributed by atoms with van der Waals surface area (Å²) in [5.41, 5.74) is -0.723. The molecule has 0 aromatic carbocycles. The summed E-state index contributed by atoms with van der Waals surface area (Å²) in [5.74, 6) is -0.855. The lowest BCUT2D eigenvalue weighted by atomic mass is 10.0. The number of thiophene rings is 1. The molecule has 13 nitrogen and oxygen atoms in total. The zero-order valence-electron chi connectivity index (χ0n) is 27.7. The van der Waals surface area contributed by atoms with E-state index in [1.165, 1.54) is 16.2 Å². The van der Waals surface area contributed by atoms with Crippen molar-refractivity contribution in [2.45, 2.75) is 101 Å². The Balaban J connectivity index is 1.18. The number of rotatable bonds is 7. The minimum atomic E-state index is -1.41. The zero-order valence-corrected chi connectivity index (χ0v) is 28.5. The number of aliphatic carboxylic acids is 1. The molecule has 7 rings (SSSR count). The summed E-state index contributed by atoms with van der Waals surface area (Å²) in [6.45, 7) is 0.0733. The Kier molecular flexibility index (Phi) is 9.40. The van der Waals surface area contributed by atoms with Gasteiger partial charge in [0, 0.05) is 38.2 Å². The summed E-state index contributed by atoms with van der Waals surface area (Å²) in [5, 5.41) is 17.9. The van der Waals surface area contributed by atoms with Crippen LogP contribution in [0.1, 0.15) is 77.0 Å². The first-order valence-corrected chi connectivity index (χ1v) is 18.3. The lowest BCUT2D eigenvalue weighted by Gasteiger charge is -2.29. The molecule has 0 spiro atoms. The van der Waals surface area contributed by atoms with Crippen LogP contribution in [-0.4, -0.2) is 83.5 Å². The standard InChI is InChI=1S/C35H43N7O6S/c1-41-15-14-36-30(41)29-38-24-13-16-49-28(24)32(39-29)48-23-18-26-31(44)40-35(34(46)47)19-22(35)11-5-3-2-4-6-12-25(33(45)42(26)20-23)37-27(43)17-21-9-7-8-10-21/h5,11,13-16,21-23,25-26H,2-4,6-10,12,17-20H2,1H3,(H,37,43)(H,40,44)(H,46,47)/b11-5-/t22-,23+,25-,26-,35+/m0/s1. The van der Waals surface area contributed by atoms with Gasteiger partial charge in [-0.25, -0.2) is 14.8 Å². The van der Waals surface area contributed by atoms with Crippen molar-refractivity contribution < 1.29 is 29.0 Å². The molecule has 49 heavy (non-hydrogen) atoms. The molecule has 3 aromatic heterocycles. The molecule has 3 N–H and O–H groups in total. The number of carbonyl (C=O) groups is 4. The van der Waals surface area contributed by atoms with E-state index in [4.69, 9.17) is 9.72 Å². The van der Waals surface area contributed by atoms with Gasteiger partial charge in [0.15, 0.2) is 11.6 Å². The Hall–Kier alpha value is -4.33. The number of nitrogens with zero attached hydrogens (tertiary/aromatic N) is 5. The molecule has 2 aliphatic heterocycles. The van der Waals surface area contributed by atoms with Crippen molar-refractivity contribution in [2.24, 2.45) is 18.9 Å². The minimum Gasteiger partial charge on any atom is -0.479 e. The quantitative estimate of drug-likeness (QED) is 0.311. The molecule has 0 bridgehead atoms. The van der Waals surface area contributed by atoms with Gasteiger partial charge in [-0.1, -0.05) is 37.8 Å². The van der Waals surface area contributed by atoms with Crippen LogP contribution in [0.2, 0.25) is 0 Å². The maximum absolute atomic E-state index is 14.4. The molecule has 1 saturated heterocycles. The van der Waals surface area contributed by atoms with Crippen LogP contribution in [0.4, 0.5) is 0 Å². The van der Waals surface area contributed by atoms with Crippen LogP contribution >= 0.6 is 11.3 Å². The number of hydrogen-bond acceptors (Lipinski definition) is 9. The number of carbonyl (C=O) groups excluding carboxylic acids is 3. The number of fused-ring (bicyclic) bond motifs is 3. The summed E-state index contributed by atoms with van der Waals surface area (Å²) in [6, 6.07) is 0.0816. The molecule has 0 radical (unpaired) electrons. The van der Waals surface area contributed by atoms with Crippen LogP contribution in [0.15, 0.2) is 36.0 Å². The molecular formula is C35H43N7O6S. The number of carboxylic acids is 1. The van der Waals surface area contributed by atoms with Crippen LogP contribution in [-0.2, 0) is 26.2 Å². The maximum atomic E-state index is 14.4. The second-order valence-corrected chi connectivity index (χ2v) is 14.9. The summed E-state index contributed by atoms with van der Waals surface area (Å²) in [7, 11) is 1.85. The Bertz CT molecular complexity index is 1770. The van der Waals surface area contributed by atoms with E-state index in [9.17, 15) is 24.3 Å². The van der Waals surface area contributed by atoms with Crippen LogP contribution in [0.5, 0.6) is 5.88 Å². The van der Waals surface area contributed by atoms with E-state index in [1.807, 2.05) is 35.2 Å². The summed E-state index contributed by atoms with van der Waals surface area (Å²) in [6.07, 6.45) is 15.5. The number of allylic oxidation sites excluding steroid dienone is 1. The molecule has 2 saturated carbocycles. The van der Waals surface area contributed by atoms with E-state index in [0.29, 0.717) is 41.8 Å². The largest absolute Gasteiger partial charge is 0.479 e. The van der Waals surface area contributed by atoms with Crippen molar-refractivity contribution in [3.05, 3.63) is 36.0 Å². The van der Waals surface area contributed by atoms with Crippen molar-refractivity contribution in [3.63, 3.8) is 0 Å². The van der Waals surface area contributed by atoms with Crippen LogP contribution in [0.3, 0.4) is 0 Å². The molecule has 5 heterocycles. The Labute approximate surface area is 288 Å². The molecule has 3 aromatic rings. The number of aryl methyl sites for hydroxylation is 1. The Morgan fingerprint density at radius 1 is 1.14 bits per heavy atom. The number of nitrogens with one attached hydrogen (secondary N) is 2. The first-order chi connectivity index (χ1) is 23.7. The summed E-state index contributed by atoms with van der Waals surface area (Å²) in [4.78, 5) is 69.4. The summed E-state index contributed by atoms with van der Waals surface area (Å²) < 4.78 is 9.05. The number of aromatic nitrogens is 4. The second-order valence-electron chi connectivity index (χ2n) is 13.9. The smallest absolute Gasteiger partial charge is 0.330 e. The average molecular weight is 690 g/mol. The minimum absolute atomic E-state index is 0.0733. The van der Waals surface area contributed by atoms with E-state index in [-0.39, 0.29) is 37.1 Å². The highest BCUT2D eigenvalue weighted by molar-refractivity contribution is 7.17. The maximum Gasteiger partial charge on any atom is 0.330 e. The number of imidazole rings is 1. The number of amides is 3. The molecule has 260 valence electrons. The fourth-order valence-corrected chi connectivity index (χ4v) is 8.39. The van der Waals surface area contributed by atoms with Crippen molar-refractivity contribution in [1.29, 1.82) is 0 Å². The van der Waals surface area contributed by atoms with Gasteiger partial charge in [-0.05, 0) is 55.9 Å². The van der Waals surface area contributed by atoms with E-state index in [2.05, 4.69) is 20.6 Å². The van der Waals surface area contributed by atoms with Crippen LogP contribution in [0.25, 0.3) is 21.9 Å². The predicted molar refractivity (Wildman–Crippen MR) is 181 cm³/mol. The lowest BCUT2D eigenvalue weighted by Crippen LogP contribution is -2.56. The molecule has 5 atom stereocenters. The third kappa shape index (κ3) is 6.92. The van der Waals surface area contributed by atoms with Gasteiger partial charge < -0.3 is 29.9 Å². The molecule has 0 unspecified atom stereocenters. The van der Waals surface area contributed by atoms with Crippen molar-refractivity contribution >= 4 is 45.2 Å². The fraction of sp³-hybridized carbons (Fsp3) is 0.571. The normalized spacial score (nSPS) is 28.6. The van der Waals surface area contributed by atoms with Gasteiger partial charge in [0.1, 0.15) is 28.4 Å². The molecule has 3 fully saturated rings. The number of hydrogen-bond donors (Lipinski definition) is 3. The van der Waals surface area contributed by atoms with Crippen molar-refractivity contribution in [3.8, 4) is 17.5 Å². The van der Waals surface area contributed by atoms with Gasteiger partial charge in [0.2, 0.25) is 23.6 Å². The second kappa shape index (κ2) is 13.9. The topological polar surface area (TPSA) is 169 Å². The van der Waals surface area contributed by atoms with Gasteiger partial charge in [-0.15, -0.1) is 11.3 Å². The van der Waals surface area contributed by atoms with Gasteiger partial charge >= 0.3 is 5.97 Å². The van der Waals surface area contributed by atoms with Crippen LogP contribution < -0.4 is 15.4 Å². The first kappa shape index (κ1) is 33.2. The highest BCUT2D eigenvalue weighted by Crippen LogP contribution is 2.45. The number of carboxylic acid groups (broad SMARTS) is 1. The Morgan fingerprint density at radius 2 is 1.96 bits per heavy atom. The molecular weight excluding hydrogens is 646 g/mol. The highest BCUT2D eigenvalue weighted by atomic mass is 32.1. The van der Waals surface area contributed by atoms with Gasteiger partial charge in [-0.2, -0.15) is 4.98 Å². The van der Waals surface area contributed by atoms with Crippen LogP contribution in [0, 0.1) is 11.8 Å². The van der Waals surface area contributed by atoms with Gasteiger partial charge in [0.05, 0.1) is 12.1 Å². The number of ether oxygens (including phenoxy) is 1. The fourth-order valence-electron chi connectivity index (χ4n) is 7.63. The average Bonchev–Trinajstić information content (AvgIpc) is 3.67. The zero-order chi connectivity index (χ0) is 34.1. The lowest BCUT2D eigenvalue weighted by molar-refractivity contribution is -0.146. The molecule has 4 aliphatic rings. The van der Waals surface area contributed by atoms with E-state index < -0.39 is 35.6 Å². The van der Waals surface area contributed by atoms with E-state index >= 15 is 0 Å². The molecule has 2 aliphatic carbocycles. The predicted octanol–water partition coefficient (Wildman–Crippen LogP) is 3.99. The Morgan fingerprint density at radius 3 is 2.73 bits per heavy atom. The van der Waals surface area contributed by atoms with Gasteiger partial charge in [0.25, 0.3) is 0 Å². The SMILES string of the molecule is Cn1ccnc1-c1nc(O[C@@H]2C[C@H]3C(=O)N[C@]4(C(=O)O)C[C@@H]4/C=C\CCCCC[C@H](NC(=O)CC4CCCC4)C(=O)N3C2)c2sccc2n1.